The molecule has 0 aliphatic heterocycles. The number of rotatable bonds is 14. The van der Waals surface area contributed by atoms with Crippen molar-refractivity contribution in [2.75, 3.05) is 9.80 Å². The summed E-state index contributed by atoms with van der Waals surface area (Å²) in [5.41, 5.74) is 14.0. The Labute approximate surface area is 491 Å². The summed E-state index contributed by atoms with van der Waals surface area (Å²) >= 11 is 0. The lowest BCUT2D eigenvalue weighted by Gasteiger charge is -2.26. The van der Waals surface area contributed by atoms with Gasteiger partial charge in [-0.2, -0.15) is 0 Å². The van der Waals surface area contributed by atoms with Crippen LogP contribution in [0.2, 0.25) is 0 Å². The summed E-state index contributed by atoms with van der Waals surface area (Å²) in [5, 5.41) is 19.4. The smallest absolute Gasteiger partial charge is 0.335 e. The molecule has 85 heavy (non-hydrogen) atoms. The number of anilines is 6. The van der Waals surface area contributed by atoms with Gasteiger partial charge in [-0.25, -0.2) is 14.8 Å². The number of pyridine rings is 4. The SMILES string of the molecule is O=C(O)c1ccnc(-c2cccc(-c3cc(/C=C/c4ccc(N(c5ccccc5)c5ccc6cc7ccccc7cc6c5)cc4)cc(-c4cc(/C=C/c5ccc(N(c6ccccc6)c6ccc7cc8ccccc8cc7c6)cc5)ccn4)n3)n2)c1. The predicted octanol–water partition coefficient (Wildman–Crippen LogP) is 19.9. The maximum atomic E-state index is 11.9. The fourth-order valence-electron chi connectivity index (χ4n) is 11.1. The zero-order valence-electron chi connectivity index (χ0n) is 46.0. The molecule has 402 valence electrons. The molecule has 14 aromatic rings. The first-order chi connectivity index (χ1) is 41.9. The molecule has 0 atom stereocenters. The predicted molar refractivity (Wildman–Crippen MR) is 351 cm³/mol. The van der Waals surface area contributed by atoms with Gasteiger partial charge in [-0.05, 0) is 211 Å². The zero-order chi connectivity index (χ0) is 57.1. The lowest BCUT2D eigenvalue weighted by atomic mass is 10.0. The third-order valence-electron chi connectivity index (χ3n) is 15.3. The maximum Gasteiger partial charge on any atom is 0.335 e. The number of carboxylic acids is 1. The number of carbonyl (C=O) groups is 1. The largest absolute Gasteiger partial charge is 0.478 e. The first-order valence-electron chi connectivity index (χ1n) is 28.2. The minimum atomic E-state index is -1.03. The van der Waals surface area contributed by atoms with E-state index in [0.717, 1.165) is 56.4 Å². The molecule has 0 amide bonds. The average Bonchev–Trinajstić information content (AvgIpc) is 3.38. The van der Waals surface area contributed by atoms with Crippen molar-refractivity contribution in [2.24, 2.45) is 0 Å². The Balaban J connectivity index is 0.770. The van der Waals surface area contributed by atoms with Crippen LogP contribution < -0.4 is 9.80 Å². The van der Waals surface area contributed by atoms with Crippen LogP contribution in [0.5, 0.6) is 0 Å². The van der Waals surface area contributed by atoms with E-state index in [-0.39, 0.29) is 5.56 Å². The van der Waals surface area contributed by atoms with Crippen molar-refractivity contribution in [3.63, 3.8) is 0 Å². The highest BCUT2D eigenvalue weighted by molar-refractivity contribution is 6.02. The summed E-state index contributed by atoms with van der Waals surface area (Å²) in [5.74, 6) is -1.03. The van der Waals surface area contributed by atoms with Gasteiger partial charge in [-0.15, -0.1) is 0 Å². The van der Waals surface area contributed by atoms with Gasteiger partial charge < -0.3 is 14.9 Å². The van der Waals surface area contributed by atoms with Crippen LogP contribution in [0.3, 0.4) is 0 Å². The lowest BCUT2D eigenvalue weighted by Crippen LogP contribution is -2.09. The molecule has 0 saturated heterocycles. The second-order valence-corrected chi connectivity index (χ2v) is 20.9. The molecular weight excluding hydrogens is 1040 g/mol. The van der Waals surface area contributed by atoms with E-state index >= 15 is 0 Å². The Kier molecular flexibility index (Phi) is 13.8. The third-order valence-corrected chi connectivity index (χ3v) is 15.3. The number of hydrogen-bond donors (Lipinski definition) is 1. The van der Waals surface area contributed by atoms with E-state index in [1.165, 1.54) is 61.4 Å². The van der Waals surface area contributed by atoms with Gasteiger partial charge in [0.1, 0.15) is 0 Å². The van der Waals surface area contributed by atoms with E-state index < -0.39 is 5.97 Å². The minimum Gasteiger partial charge on any atom is -0.478 e. The molecule has 1 N–H and O–H groups in total. The van der Waals surface area contributed by atoms with Gasteiger partial charge in [0.25, 0.3) is 0 Å². The minimum absolute atomic E-state index is 0.130. The first kappa shape index (κ1) is 51.5. The maximum absolute atomic E-state index is 11.9. The second-order valence-electron chi connectivity index (χ2n) is 20.9. The quantitative estimate of drug-likeness (QED) is 0.108. The van der Waals surface area contributed by atoms with Crippen LogP contribution >= 0.6 is 0 Å². The van der Waals surface area contributed by atoms with Crippen molar-refractivity contribution in [3.8, 4) is 34.2 Å². The summed E-state index contributed by atoms with van der Waals surface area (Å²) < 4.78 is 0. The molecule has 0 fully saturated rings. The fourth-order valence-corrected chi connectivity index (χ4v) is 11.1. The molecule has 4 heterocycles. The number of aromatic nitrogens is 4. The molecule has 0 radical (unpaired) electrons. The van der Waals surface area contributed by atoms with Gasteiger partial charge in [0.15, 0.2) is 0 Å². The van der Waals surface area contributed by atoms with Crippen molar-refractivity contribution in [3.05, 3.63) is 313 Å². The number of para-hydroxylation sites is 2. The van der Waals surface area contributed by atoms with Crippen LogP contribution in [0, 0.1) is 0 Å². The zero-order valence-corrected chi connectivity index (χ0v) is 46.0. The Bertz CT molecular complexity index is 4870. The fraction of sp³-hybridized carbons (Fsp3) is 0. The number of nitrogens with zero attached hydrogens (tertiary/aromatic N) is 6. The van der Waals surface area contributed by atoms with Crippen LogP contribution in [-0.2, 0) is 0 Å². The first-order valence-corrected chi connectivity index (χ1v) is 28.2. The van der Waals surface area contributed by atoms with E-state index in [1.807, 2.05) is 60.8 Å². The molecule has 0 aliphatic carbocycles. The summed E-state index contributed by atoms with van der Waals surface area (Å²) in [7, 11) is 0. The molecule has 0 spiro atoms. The van der Waals surface area contributed by atoms with Crippen molar-refractivity contribution in [1.29, 1.82) is 0 Å². The van der Waals surface area contributed by atoms with Crippen LogP contribution in [0.15, 0.2) is 285 Å². The van der Waals surface area contributed by atoms with Gasteiger partial charge in [0.2, 0.25) is 0 Å². The Morgan fingerprint density at radius 3 is 1.18 bits per heavy atom. The highest BCUT2D eigenvalue weighted by atomic mass is 16.4. The van der Waals surface area contributed by atoms with Crippen LogP contribution in [-0.4, -0.2) is 31.0 Å². The van der Waals surface area contributed by atoms with Gasteiger partial charge in [-0.1, -0.05) is 152 Å². The molecule has 4 aromatic heterocycles. The number of fused-ring (bicyclic) bond motifs is 4. The highest BCUT2D eigenvalue weighted by Crippen LogP contribution is 2.39. The van der Waals surface area contributed by atoms with Crippen molar-refractivity contribution in [2.45, 2.75) is 0 Å². The Morgan fingerprint density at radius 1 is 0.282 bits per heavy atom. The summed E-state index contributed by atoms with van der Waals surface area (Å²) in [4.78, 5) is 36.0. The molecule has 0 unspecified atom stereocenters. The second kappa shape index (κ2) is 22.7. The Hall–Kier alpha value is -11.6. The number of hydrogen-bond acceptors (Lipinski definition) is 7. The van der Waals surface area contributed by atoms with E-state index in [1.54, 1.807) is 0 Å². The summed E-state index contributed by atoms with van der Waals surface area (Å²) in [6, 6.07) is 94.3. The van der Waals surface area contributed by atoms with Crippen molar-refractivity contribution < 1.29 is 9.90 Å². The molecule has 14 rings (SSSR count). The average molecular weight is 1090 g/mol. The van der Waals surface area contributed by atoms with Crippen LogP contribution in [0.1, 0.15) is 32.6 Å². The summed E-state index contributed by atoms with van der Waals surface area (Å²) in [6.45, 7) is 0. The van der Waals surface area contributed by atoms with Gasteiger partial charge in [0, 0.05) is 46.5 Å². The van der Waals surface area contributed by atoms with E-state index in [2.05, 4.69) is 245 Å². The summed E-state index contributed by atoms with van der Waals surface area (Å²) in [6.07, 6.45) is 11.7. The van der Waals surface area contributed by atoms with Crippen molar-refractivity contribution >= 4 is 107 Å². The molecular formula is C77H52N6O2. The normalized spacial score (nSPS) is 11.5. The highest BCUT2D eigenvalue weighted by Gasteiger charge is 2.17. The molecule has 8 heteroatoms. The number of benzene rings is 10. The van der Waals surface area contributed by atoms with Gasteiger partial charge in [0.05, 0.1) is 39.7 Å². The number of aromatic carboxylic acids is 1. The van der Waals surface area contributed by atoms with Crippen LogP contribution in [0.4, 0.5) is 34.1 Å². The van der Waals surface area contributed by atoms with Gasteiger partial charge >= 0.3 is 5.97 Å². The lowest BCUT2D eigenvalue weighted by molar-refractivity contribution is 0.0696. The molecule has 10 aromatic carbocycles. The number of carboxylic acid groups (broad SMARTS) is 1. The molecule has 0 bridgehead atoms. The van der Waals surface area contributed by atoms with E-state index in [0.29, 0.717) is 34.2 Å². The monoisotopic (exact) mass is 1090 g/mol. The third kappa shape index (κ3) is 11.0. The van der Waals surface area contributed by atoms with E-state index in [9.17, 15) is 9.90 Å². The van der Waals surface area contributed by atoms with Crippen LogP contribution in [0.25, 0.3) is 102 Å². The van der Waals surface area contributed by atoms with E-state index in [4.69, 9.17) is 15.0 Å². The molecule has 8 nitrogen and oxygen atoms in total. The Morgan fingerprint density at radius 2 is 0.659 bits per heavy atom. The standard InChI is InChI=1S/C77H52N6O2/c84-77(85)62-39-41-79-74(51-62)71-20-11-21-72(80-71)75-43-55(25-23-53-28-34-68(35-29-53)83(66-18-5-2-6-19-66)70-37-31-61-46-57-13-8-10-15-59(57)48-64(61)50-70)44-76(81-75)73-42-54(38-40-78-73)24-22-52-26-32-67(33-27-52)82(65-16-3-1-4-17-65)69-36-30-60-45-56-12-7-9-14-58(56)47-63(60)49-69/h1-51H,(H,84,85)/b24-22+,25-23+. The molecule has 0 aliphatic rings. The van der Waals surface area contributed by atoms with Gasteiger partial charge in [-0.3, -0.25) is 9.97 Å². The van der Waals surface area contributed by atoms with Crippen molar-refractivity contribution in [1.82, 2.24) is 19.9 Å². The molecule has 0 saturated carbocycles. The topological polar surface area (TPSA) is 95.3 Å².